The normalized spacial score (nSPS) is 10.2. The predicted octanol–water partition coefficient (Wildman–Crippen LogP) is -0.0740. The minimum Gasteiger partial charge on any atom is -0.319 e. The third kappa shape index (κ3) is 1.76. The van der Waals surface area contributed by atoms with Crippen molar-refractivity contribution in [3.05, 3.63) is 0 Å². The molecule has 0 bridgehead atoms. The Hall–Kier alpha value is -0.810. The Bertz CT molecular complexity index is 136. The van der Waals surface area contributed by atoms with E-state index in [1.165, 1.54) is 0 Å². The van der Waals surface area contributed by atoms with E-state index < -0.39 is 5.54 Å². The molecule has 0 aliphatic carbocycles. The van der Waals surface area contributed by atoms with Crippen LogP contribution in [0.25, 0.3) is 0 Å². The van der Waals surface area contributed by atoms with Crippen LogP contribution in [0.2, 0.25) is 0 Å². The molecular formula is C6H9NO. The van der Waals surface area contributed by atoms with Gasteiger partial charge in [0.1, 0.15) is 0 Å². The second-order valence-corrected chi connectivity index (χ2v) is 2.20. The largest absolute Gasteiger partial charge is 0.319 e. The molecule has 0 aliphatic rings. The van der Waals surface area contributed by atoms with Crippen molar-refractivity contribution >= 4 is 5.78 Å². The Kier molecular flexibility index (Phi) is 1.77. The summed E-state index contributed by atoms with van der Waals surface area (Å²) in [4.78, 5) is 10.5. The number of rotatable bonds is 1. The van der Waals surface area contributed by atoms with Gasteiger partial charge in [0.15, 0.2) is 0 Å². The summed E-state index contributed by atoms with van der Waals surface area (Å²) in [5.41, 5.74) is 4.43. The van der Waals surface area contributed by atoms with Crippen molar-refractivity contribution in [1.29, 1.82) is 0 Å². The second kappa shape index (κ2) is 1.97. The Morgan fingerprint density at radius 1 is 1.75 bits per heavy atom. The van der Waals surface area contributed by atoms with E-state index in [-0.39, 0.29) is 5.78 Å². The topological polar surface area (TPSA) is 43.1 Å². The Morgan fingerprint density at radius 2 is 2.12 bits per heavy atom. The number of nitrogens with two attached hydrogens (primary N) is 1. The highest BCUT2D eigenvalue weighted by Crippen LogP contribution is 1.95. The van der Waals surface area contributed by atoms with Gasteiger partial charge in [0.05, 0.1) is 5.54 Å². The van der Waals surface area contributed by atoms with Gasteiger partial charge in [0.25, 0.3) is 0 Å². The molecule has 0 rings (SSSR count). The van der Waals surface area contributed by atoms with Gasteiger partial charge < -0.3 is 5.73 Å². The molecule has 0 amide bonds. The highest BCUT2D eigenvalue weighted by Gasteiger charge is 2.18. The molecule has 0 fully saturated rings. The van der Waals surface area contributed by atoms with Crippen molar-refractivity contribution in [3.8, 4) is 12.3 Å². The lowest BCUT2D eigenvalue weighted by atomic mass is 10.0. The van der Waals surface area contributed by atoms with Gasteiger partial charge in [-0.25, -0.2) is 0 Å². The van der Waals surface area contributed by atoms with Gasteiger partial charge in [-0.05, 0) is 19.8 Å². The first kappa shape index (κ1) is 7.19. The zero-order valence-electron chi connectivity index (χ0n) is 5.06. The van der Waals surface area contributed by atoms with Crippen LogP contribution in [0.5, 0.6) is 0 Å². The van der Waals surface area contributed by atoms with Crippen molar-refractivity contribution in [2.45, 2.75) is 19.4 Å². The van der Waals surface area contributed by atoms with Gasteiger partial charge in [-0.15, -0.1) is 6.42 Å². The fraction of sp³-hybridized carbons (Fsp3) is 0.500. The van der Waals surface area contributed by atoms with Crippen LogP contribution in [-0.2, 0) is 4.79 Å². The van der Waals surface area contributed by atoms with E-state index >= 15 is 0 Å². The molecule has 0 atom stereocenters. The van der Waals surface area contributed by atoms with E-state index in [2.05, 4.69) is 0 Å². The molecule has 0 aromatic carbocycles. The Morgan fingerprint density at radius 3 is 2.12 bits per heavy atom. The van der Waals surface area contributed by atoms with Crippen LogP contribution in [-0.4, -0.2) is 11.3 Å². The molecular weight excluding hydrogens is 102 g/mol. The standard InChI is InChI=1S/C6H9NO/c1-4-5(8)6(2,3)7/h1H,7H2,2-3H3. The lowest BCUT2D eigenvalue weighted by Crippen LogP contribution is -2.40. The number of terminal acetylenes is 1. The monoisotopic (exact) mass is 111 g/mol. The molecule has 0 saturated carbocycles. The van der Waals surface area contributed by atoms with Gasteiger partial charge in [-0.3, -0.25) is 4.79 Å². The highest BCUT2D eigenvalue weighted by atomic mass is 16.1. The fourth-order valence-electron chi connectivity index (χ4n) is 0.186. The van der Waals surface area contributed by atoms with Crippen molar-refractivity contribution in [1.82, 2.24) is 0 Å². The summed E-state index contributed by atoms with van der Waals surface area (Å²) in [6, 6.07) is 0. The molecule has 0 aromatic heterocycles. The first-order chi connectivity index (χ1) is 3.48. The van der Waals surface area contributed by atoms with Crippen LogP contribution >= 0.6 is 0 Å². The average molecular weight is 111 g/mol. The van der Waals surface area contributed by atoms with Crippen LogP contribution in [0, 0.1) is 12.3 Å². The first-order valence-electron chi connectivity index (χ1n) is 2.28. The number of hydrogen-bond acceptors (Lipinski definition) is 2. The van der Waals surface area contributed by atoms with E-state index in [1.807, 2.05) is 5.92 Å². The maximum atomic E-state index is 10.5. The van der Waals surface area contributed by atoms with Gasteiger partial charge in [-0.1, -0.05) is 0 Å². The minimum atomic E-state index is -0.866. The van der Waals surface area contributed by atoms with Crippen LogP contribution in [0.3, 0.4) is 0 Å². The molecule has 44 valence electrons. The third-order valence-corrected chi connectivity index (χ3v) is 0.716. The van der Waals surface area contributed by atoms with Crippen LogP contribution in [0.15, 0.2) is 0 Å². The maximum Gasteiger partial charge on any atom is 0.224 e. The van der Waals surface area contributed by atoms with Crippen molar-refractivity contribution < 1.29 is 4.79 Å². The van der Waals surface area contributed by atoms with E-state index in [1.54, 1.807) is 13.8 Å². The van der Waals surface area contributed by atoms with E-state index in [0.29, 0.717) is 0 Å². The van der Waals surface area contributed by atoms with Crippen molar-refractivity contribution in [3.63, 3.8) is 0 Å². The van der Waals surface area contributed by atoms with E-state index in [9.17, 15) is 4.79 Å². The number of hydrogen-bond donors (Lipinski definition) is 1. The quantitative estimate of drug-likeness (QED) is 0.380. The van der Waals surface area contributed by atoms with Crippen LogP contribution in [0.4, 0.5) is 0 Å². The molecule has 2 nitrogen and oxygen atoms in total. The summed E-state index contributed by atoms with van der Waals surface area (Å²) < 4.78 is 0. The number of carbonyl (C=O) groups is 1. The smallest absolute Gasteiger partial charge is 0.224 e. The zero-order valence-corrected chi connectivity index (χ0v) is 5.06. The Balaban J connectivity index is 4.09. The van der Waals surface area contributed by atoms with Crippen molar-refractivity contribution in [2.75, 3.05) is 0 Å². The molecule has 0 aliphatic heterocycles. The summed E-state index contributed by atoms with van der Waals surface area (Å²) in [6.45, 7) is 3.16. The second-order valence-electron chi connectivity index (χ2n) is 2.20. The molecule has 0 unspecified atom stereocenters. The SMILES string of the molecule is C#CC(=O)C(C)(C)N. The summed E-state index contributed by atoms with van der Waals surface area (Å²) in [6.07, 6.45) is 4.78. The van der Waals surface area contributed by atoms with E-state index in [0.717, 1.165) is 0 Å². The number of Topliss-reactive ketones (excluding diaryl/α,β-unsaturated/α-hetero) is 1. The van der Waals surface area contributed by atoms with Gasteiger partial charge in [0, 0.05) is 0 Å². The molecule has 2 N–H and O–H groups in total. The first-order valence-corrected chi connectivity index (χ1v) is 2.28. The van der Waals surface area contributed by atoms with Gasteiger partial charge >= 0.3 is 0 Å². The molecule has 0 spiro atoms. The molecule has 0 radical (unpaired) electrons. The summed E-state index contributed by atoms with van der Waals surface area (Å²) >= 11 is 0. The van der Waals surface area contributed by atoms with Crippen molar-refractivity contribution in [2.24, 2.45) is 5.73 Å². The summed E-state index contributed by atoms with van der Waals surface area (Å²) in [5.74, 6) is 1.58. The fourth-order valence-corrected chi connectivity index (χ4v) is 0.186. The van der Waals surface area contributed by atoms with Crippen LogP contribution in [0.1, 0.15) is 13.8 Å². The summed E-state index contributed by atoms with van der Waals surface area (Å²) in [5, 5.41) is 0. The molecule has 0 aromatic rings. The third-order valence-electron chi connectivity index (χ3n) is 0.716. The van der Waals surface area contributed by atoms with Gasteiger partial charge in [0.2, 0.25) is 5.78 Å². The Labute approximate surface area is 49.1 Å². The van der Waals surface area contributed by atoms with E-state index in [4.69, 9.17) is 12.2 Å². The van der Waals surface area contributed by atoms with Crippen LogP contribution < -0.4 is 5.73 Å². The molecule has 0 heterocycles. The predicted molar refractivity (Wildman–Crippen MR) is 32.1 cm³/mol. The molecule has 8 heavy (non-hydrogen) atoms. The number of ketones is 1. The molecule has 2 heteroatoms. The zero-order chi connectivity index (χ0) is 6.78. The average Bonchev–Trinajstić information content (AvgIpc) is 1.62. The lowest BCUT2D eigenvalue weighted by molar-refractivity contribution is -0.117. The minimum absolute atomic E-state index is 0.363. The maximum absolute atomic E-state index is 10.5. The summed E-state index contributed by atoms with van der Waals surface area (Å²) in [7, 11) is 0. The highest BCUT2D eigenvalue weighted by molar-refractivity contribution is 6.01. The molecule has 0 saturated heterocycles. The van der Waals surface area contributed by atoms with Gasteiger partial charge in [-0.2, -0.15) is 0 Å². The number of carbonyl (C=O) groups excluding carboxylic acids is 1. The lowest BCUT2D eigenvalue weighted by Gasteiger charge is -2.10.